The summed E-state index contributed by atoms with van der Waals surface area (Å²) in [5, 5.41) is 0. The number of ether oxygens (including phenoxy) is 1. The molecular formula is C20H23N3O5S. The predicted molar refractivity (Wildman–Crippen MR) is 109 cm³/mol. The molecule has 0 bridgehead atoms. The average Bonchev–Trinajstić information content (AvgIpc) is 3.23. The van der Waals surface area contributed by atoms with E-state index >= 15 is 0 Å². The van der Waals surface area contributed by atoms with Crippen LogP contribution in [0.5, 0.6) is 5.75 Å². The molecule has 0 unspecified atom stereocenters. The summed E-state index contributed by atoms with van der Waals surface area (Å²) in [7, 11) is -2.58. The van der Waals surface area contributed by atoms with Gasteiger partial charge in [-0.3, -0.25) is 14.3 Å². The van der Waals surface area contributed by atoms with Crippen LogP contribution in [0.25, 0.3) is 0 Å². The third-order valence-corrected chi connectivity index (χ3v) is 6.31. The summed E-state index contributed by atoms with van der Waals surface area (Å²) in [6, 6.07) is 8.75. The van der Waals surface area contributed by atoms with Crippen LogP contribution >= 0.6 is 0 Å². The number of nitrogens with two attached hydrogens (primary N) is 1. The topological polar surface area (TPSA) is 119 Å². The number of sulfonamides is 1. The van der Waals surface area contributed by atoms with Gasteiger partial charge in [0.25, 0.3) is 15.9 Å². The van der Waals surface area contributed by atoms with Crippen molar-refractivity contribution in [2.75, 3.05) is 24.9 Å². The van der Waals surface area contributed by atoms with Crippen LogP contribution in [0.15, 0.2) is 41.3 Å². The normalized spacial score (nSPS) is 13.9. The van der Waals surface area contributed by atoms with E-state index in [0.29, 0.717) is 24.4 Å². The Morgan fingerprint density at radius 2 is 1.79 bits per heavy atom. The molecule has 2 aromatic carbocycles. The van der Waals surface area contributed by atoms with Crippen LogP contribution in [0.4, 0.5) is 5.69 Å². The lowest BCUT2D eigenvalue weighted by atomic mass is 10.1. The molecule has 1 saturated heterocycles. The second-order valence-electron chi connectivity index (χ2n) is 6.81. The molecule has 2 aromatic rings. The number of carbonyl (C=O) groups is 2. The molecule has 1 aliphatic heterocycles. The maximum atomic E-state index is 12.9. The first-order valence-electron chi connectivity index (χ1n) is 9.14. The molecule has 8 nitrogen and oxygen atoms in total. The SMILES string of the molecule is COc1ccc(S(=O)(=O)Nc2cccc(C(N)=O)c2C)cc1C(=O)N1CCCC1. The highest BCUT2D eigenvalue weighted by atomic mass is 32.2. The fraction of sp³-hybridized carbons (Fsp3) is 0.300. The van der Waals surface area contributed by atoms with Gasteiger partial charge in [-0.2, -0.15) is 0 Å². The summed E-state index contributed by atoms with van der Waals surface area (Å²) in [5.74, 6) is -0.595. The number of carbonyl (C=O) groups excluding carboxylic acids is 2. The molecule has 1 fully saturated rings. The minimum Gasteiger partial charge on any atom is -0.496 e. The van der Waals surface area contributed by atoms with Gasteiger partial charge in [0.15, 0.2) is 0 Å². The number of anilines is 1. The molecule has 2 amide bonds. The number of rotatable bonds is 6. The van der Waals surface area contributed by atoms with Crippen molar-refractivity contribution in [2.24, 2.45) is 5.73 Å². The second kappa shape index (κ2) is 8.12. The molecule has 0 aliphatic carbocycles. The minimum atomic E-state index is -4.01. The van der Waals surface area contributed by atoms with Crippen LogP contribution in [0.1, 0.15) is 39.1 Å². The Morgan fingerprint density at radius 3 is 2.41 bits per heavy atom. The molecule has 0 saturated carbocycles. The van der Waals surface area contributed by atoms with Crippen molar-refractivity contribution >= 4 is 27.5 Å². The van der Waals surface area contributed by atoms with E-state index in [-0.39, 0.29) is 27.6 Å². The van der Waals surface area contributed by atoms with Crippen molar-refractivity contribution in [1.82, 2.24) is 4.90 Å². The van der Waals surface area contributed by atoms with Gasteiger partial charge in [0.2, 0.25) is 5.91 Å². The largest absolute Gasteiger partial charge is 0.496 e. The molecular weight excluding hydrogens is 394 g/mol. The first-order chi connectivity index (χ1) is 13.7. The molecule has 1 heterocycles. The molecule has 154 valence electrons. The van der Waals surface area contributed by atoms with Crippen molar-refractivity contribution in [3.63, 3.8) is 0 Å². The van der Waals surface area contributed by atoms with Crippen molar-refractivity contribution in [1.29, 1.82) is 0 Å². The quantitative estimate of drug-likeness (QED) is 0.746. The van der Waals surface area contributed by atoms with Gasteiger partial charge in [0.1, 0.15) is 5.75 Å². The average molecular weight is 417 g/mol. The molecule has 3 N–H and O–H groups in total. The molecule has 3 rings (SSSR count). The first-order valence-corrected chi connectivity index (χ1v) is 10.6. The fourth-order valence-corrected chi connectivity index (χ4v) is 4.48. The highest BCUT2D eigenvalue weighted by Gasteiger charge is 2.25. The van der Waals surface area contributed by atoms with E-state index in [9.17, 15) is 18.0 Å². The molecule has 29 heavy (non-hydrogen) atoms. The number of primary amides is 1. The Balaban J connectivity index is 1.97. The van der Waals surface area contributed by atoms with E-state index in [0.717, 1.165) is 12.8 Å². The van der Waals surface area contributed by atoms with Crippen LogP contribution in [-0.4, -0.2) is 45.3 Å². The van der Waals surface area contributed by atoms with Gasteiger partial charge in [0, 0.05) is 18.7 Å². The summed E-state index contributed by atoms with van der Waals surface area (Å²) in [6.07, 6.45) is 1.84. The van der Waals surface area contributed by atoms with Gasteiger partial charge in [-0.1, -0.05) is 6.07 Å². The predicted octanol–water partition coefficient (Wildman–Crippen LogP) is 2.14. The second-order valence-corrected chi connectivity index (χ2v) is 8.49. The van der Waals surface area contributed by atoms with Crippen LogP contribution in [-0.2, 0) is 10.0 Å². The van der Waals surface area contributed by atoms with E-state index in [2.05, 4.69) is 4.72 Å². The standard InChI is InChI=1S/C20H23N3O5S/c1-13-15(19(21)24)6-5-7-17(13)22-29(26,27)14-8-9-18(28-2)16(12-14)20(25)23-10-3-4-11-23/h5-9,12,22H,3-4,10-11H2,1-2H3,(H2,21,24). The zero-order valence-electron chi connectivity index (χ0n) is 16.3. The molecule has 0 spiro atoms. The number of hydrogen-bond acceptors (Lipinski definition) is 5. The van der Waals surface area contributed by atoms with E-state index in [1.54, 1.807) is 24.0 Å². The third-order valence-electron chi connectivity index (χ3n) is 4.95. The lowest BCUT2D eigenvalue weighted by Crippen LogP contribution is -2.28. The number of amides is 2. The van der Waals surface area contributed by atoms with Crippen LogP contribution in [0.3, 0.4) is 0 Å². The Labute approximate surface area is 169 Å². The summed E-state index contributed by atoms with van der Waals surface area (Å²) in [4.78, 5) is 25.9. The highest BCUT2D eigenvalue weighted by Crippen LogP contribution is 2.28. The van der Waals surface area contributed by atoms with Gasteiger partial charge in [-0.15, -0.1) is 0 Å². The lowest BCUT2D eigenvalue weighted by Gasteiger charge is -2.18. The third kappa shape index (κ3) is 4.19. The van der Waals surface area contributed by atoms with Crippen molar-refractivity contribution in [3.8, 4) is 5.75 Å². The number of hydrogen-bond donors (Lipinski definition) is 2. The monoisotopic (exact) mass is 417 g/mol. The van der Waals surface area contributed by atoms with Crippen molar-refractivity contribution in [2.45, 2.75) is 24.7 Å². The number of likely N-dealkylation sites (tertiary alicyclic amines) is 1. The number of benzene rings is 2. The van der Waals surface area contributed by atoms with Gasteiger partial charge >= 0.3 is 0 Å². The van der Waals surface area contributed by atoms with Gasteiger partial charge in [-0.25, -0.2) is 8.42 Å². The minimum absolute atomic E-state index is 0.0790. The Hall–Kier alpha value is -3.07. The fourth-order valence-electron chi connectivity index (χ4n) is 3.33. The maximum Gasteiger partial charge on any atom is 0.261 e. The summed E-state index contributed by atoms with van der Waals surface area (Å²) in [5.41, 5.74) is 6.41. The highest BCUT2D eigenvalue weighted by molar-refractivity contribution is 7.92. The summed E-state index contributed by atoms with van der Waals surface area (Å²) < 4.78 is 33.6. The van der Waals surface area contributed by atoms with Crippen LogP contribution in [0, 0.1) is 6.92 Å². The van der Waals surface area contributed by atoms with Crippen molar-refractivity contribution in [3.05, 3.63) is 53.1 Å². The van der Waals surface area contributed by atoms with E-state index < -0.39 is 15.9 Å². The maximum absolute atomic E-state index is 12.9. The molecule has 0 aromatic heterocycles. The zero-order chi connectivity index (χ0) is 21.2. The van der Waals surface area contributed by atoms with Gasteiger partial charge < -0.3 is 15.4 Å². The van der Waals surface area contributed by atoms with E-state index in [4.69, 9.17) is 10.5 Å². The molecule has 0 radical (unpaired) electrons. The van der Waals surface area contributed by atoms with E-state index in [1.165, 1.54) is 31.4 Å². The number of nitrogens with zero attached hydrogens (tertiary/aromatic N) is 1. The number of methoxy groups -OCH3 is 1. The van der Waals surface area contributed by atoms with Gasteiger partial charge in [0.05, 0.1) is 23.3 Å². The Kier molecular flexibility index (Phi) is 5.78. The molecule has 0 atom stereocenters. The number of nitrogens with one attached hydrogen (secondary N) is 1. The van der Waals surface area contributed by atoms with Crippen LogP contribution < -0.4 is 15.2 Å². The van der Waals surface area contributed by atoms with E-state index in [1.807, 2.05) is 0 Å². The van der Waals surface area contributed by atoms with Crippen LogP contribution in [0.2, 0.25) is 0 Å². The van der Waals surface area contributed by atoms with Gasteiger partial charge in [-0.05, 0) is 55.7 Å². The Morgan fingerprint density at radius 1 is 1.10 bits per heavy atom. The smallest absolute Gasteiger partial charge is 0.261 e. The summed E-state index contributed by atoms with van der Waals surface area (Å²) >= 11 is 0. The first kappa shape index (κ1) is 20.7. The molecule has 1 aliphatic rings. The lowest BCUT2D eigenvalue weighted by molar-refractivity contribution is 0.0789. The van der Waals surface area contributed by atoms with Crippen molar-refractivity contribution < 1.29 is 22.7 Å². The summed E-state index contributed by atoms with van der Waals surface area (Å²) in [6.45, 7) is 2.88. The zero-order valence-corrected chi connectivity index (χ0v) is 17.1. The molecule has 9 heteroatoms. The Bertz CT molecular complexity index is 1060.